The number of benzene rings is 1. The average molecular weight is 509 g/mol. The lowest BCUT2D eigenvalue weighted by molar-refractivity contribution is -0.169. The van der Waals surface area contributed by atoms with Crippen LogP contribution >= 0.6 is 0 Å². The molecule has 8 nitrogen and oxygen atoms in total. The molecule has 1 aromatic carbocycles. The highest BCUT2D eigenvalue weighted by atomic mass is 19.4. The van der Waals surface area contributed by atoms with E-state index in [0.717, 1.165) is 36.1 Å². The molecule has 2 N–H and O–H groups in total. The molecule has 2 aliphatic heterocycles. The number of rotatable bonds is 9. The number of fused-ring (bicyclic) bond motifs is 2. The van der Waals surface area contributed by atoms with Gasteiger partial charge in [-0.1, -0.05) is 19.4 Å². The lowest BCUT2D eigenvalue weighted by Gasteiger charge is -2.33. The Balaban J connectivity index is 1.56. The van der Waals surface area contributed by atoms with Crippen molar-refractivity contribution in [3.63, 3.8) is 0 Å². The first kappa shape index (κ1) is 25.8. The Morgan fingerprint density at radius 3 is 2.83 bits per heavy atom. The van der Waals surface area contributed by atoms with Crippen molar-refractivity contribution in [3.8, 4) is 5.75 Å². The third kappa shape index (κ3) is 6.11. The van der Waals surface area contributed by atoms with Gasteiger partial charge in [0.25, 0.3) is 0 Å². The molecule has 0 radical (unpaired) electrons. The summed E-state index contributed by atoms with van der Waals surface area (Å²) in [7, 11) is 0. The van der Waals surface area contributed by atoms with Gasteiger partial charge in [-0.15, -0.1) is 0 Å². The minimum atomic E-state index is -4.60. The normalized spacial score (nSPS) is 19.8. The molecule has 0 bridgehead atoms. The molecule has 0 spiro atoms. The number of hydrogen-bond donors (Lipinski definition) is 2. The first-order valence-electron chi connectivity index (χ1n) is 12.3. The van der Waals surface area contributed by atoms with Gasteiger partial charge in [-0.2, -0.15) is 13.2 Å². The number of carbonyl (C=O) groups is 2. The van der Waals surface area contributed by atoms with Gasteiger partial charge in [0.1, 0.15) is 12.3 Å². The third-order valence-electron chi connectivity index (χ3n) is 6.60. The number of imidazole rings is 1. The van der Waals surface area contributed by atoms with E-state index in [0.29, 0.717) is 42.7 Å². The molecule has 2 unspecified atom stereocenters. The van der Waals surface area contributed by atoms with Crippen LogP contribution < -0.4 is 10.1 Å². The van der Waals surface area contributed by atoms with Crippen LogP contribution in [0.1, 0.15) is 55.5 Å². The Hall–Kier alpha value is -3.24. The summed E-state index contributed by atoms with van der Waals surface area (Å²) in [4.78, 5) is 29.9. The van der Waals surface area contributed by atoms with E-state index >= 15 is 0 Å². The molecule has 36 heavy (non-hydrogen) atoms. The number of alkyl halides is 3. The Morgan fingerprint density at radius 1 is 1.33 bits per heavy atom. The molecular formula is C25H31F3N4O4. The van der Waals surface area contributed by atoms with Crippen molar-refractivity contribution in [3.05, 3.63) is 41.2 Å². The second-order valence-electron chi connectivity index (χ2n) is 9.37. The van der Waals surface area contributed by atoms with Crippen LogP contribution in [0.4, 0.5) is 19.1 Å². The van der Waals surface area contributed by atoms with E-state index in [4.69, 9.17) is 4.74 Å². The van der Waals surface area contributed by atoms with Crippen molar-refractivity contribution in [2.24, 2.45) is 5.92 Å². The van der Waals surface area contributed by atoms with Crippen LogP contribution in [0.5, 0.6) is 5.75 Å². The van der Waals surface area contributed by atoms with E-state index < -0.39 is 43.0 Å². The summed E-state index contributed by atoms with van der Waals surface area (Å²) in [5, 5.41) is 12.5. The van der Waals surface area contributed by atoms with Gasteiger partial charge < -0.3 is 24.6 Å². The predicted octanol–water partition coefficient (Wildman–Crippen LogP) is 4.20. The molecule has 3 heterocycles. The summed E-state index contributed by atoms with van der Waals surface area (Å²) < 4.78 is 48.4. The Kier molecular flexibility index (Phi) is 7.75. The predicted molar refractivity (Wildman–Crippen MR) is 126 cm³/mol. The Morgan fingerprint density at radius 2 is 2.14 bits per heavy atom. The molecule has 196 valence electrons. The van der Waals surface area contributed by atoms with Crippen LogP contribution in [-0.2, 0) is 29.0 Å². The number of aryl methyl sites for hydroxylation is 1. The third-order valence-corrected chi connectivity index (χ3v) is 6.60. The van der Waals surface area contributed by atoms with Gasteiger partial charge in [0.2, 0.25) is 11.9 Å². The summed E-state index contributed by atoms with van der Waals surface area (Å²) in [6, 6.07) is 4.36. The highest BCUT2D eigenvalue weighted by Crippen LogP contribution is 2.39. The zero-order valence-electron chi connectivity index (χ0n) is 20.2. The maximum atomic E-state index is 13.5. The number of nitrogens with one attached hydrogen (secondary N) is 1. The van der Waals surface area contributed by atoms with Crippen LogP contribution in [0, 0.1) is 5.92 Å². The number of aliphatic carboxylic acids is 1. The van der Waals surface area contributed by atoms with E-state index in [1.807, 2.05) is 13.1 Å². The minimum Gasteiger partial charge on any atom is -0.493 e. The fraction of sp³-hybridized carbons (Fsp3) is 0.560. The van der Waals surface area contributed by atoms with Crippen LogP contribution in [0.15, 0.2) is 24.4 Å². The molecule has 4 rings (SSSR count). The van der Waals surface area contributed by atoms with Crippen molar-refractivity contribution in [1.82, 2.24) is 14.5 Å². The van der Waals surface area contributed by atoms with Gasteiger partial charge in [0.15, 0.2) is 0 Å². The SMILES string of the molecule is CCCC1c2cc(OCCc3cn4c(n3)NCCC4)ccc2CC(CC(=O)O)C(=O)N1CC(F)(F)F. The smallest absolute Gasteiger partial charge is 0.406 e. The average Bonchev–Trinajstić information content (AvgIpc) is 3.19. The summed E-state index contributed by atoms with van der Waals surface area (Å²) in [5.74, 6) is -1.71. The molecule has 1 amide bonds. The van der Waals surface area contributed by atoms with E-state index in [1.54, 1.807) is 18.2 Å². The number of hydrogen-bond acceptors (Lipinski definition) is 5. The molecule has 0 saturated carbocycles. The first-order valence-corrected chi connectivity index (χ1v) is 12.3. The largest absolute Gasteiger partial charge is 0.493 e. The molecule has 1 aromatic heterocycles. The van der Waals surface area contributed by atoms with Crippen molar-refractivity contribution in [2.45, 2.75) is 64.2 Å². The van der Waals surface area contributed by atoms with Gasteiger partial charge in [-0.05, 0) is 42.5 Å². The van der Waals surface area contributed by atoms with Crippen molar-refractivity contribution < 1.29 is 32.6 Å². The van der Waals surface area contributed by atoms with Crippen LogP contribution in [0.2, 0.25) is 0 Å². The molecule has 11 heteroatoms. The summed E-state index contributed by atoms with van der Waals surface area (Å²) >= 11 is 0. The second-order valence-corrected chi connectivity index (χ2v) is 9.37. The summed E-state index contributed by atoms with van der Waals surface area (Å²) in [6.07, 6.45) is -0.583. The van der Waals surface area contributed by atoms with E-state index in [1.165, 1.54) is 0 Å². The molecular weight excluding hydrogens is 477 g/mol. The first-order chi connectivity index (χ1) is 17.1. The van der Waals surface area contributed by atoms with Gasteiger partial charge in [-0.3, -0.25) is 9.59 Å². The van der Waals surface area contributed by atoms with Crippen LogP contribution in [0.3, 0.4) is 0 Å². The zero-order chi connectivity index (χ0) is 25.9. The molecule has 0 saturated heterocycles. The number of amides is 1. The van der Waals surface area contributed by atoms with E-state index in [-0.39, 0.29) is 6.42 Å². The summed E-state index contributed by atoms with van der Waals surface area (Å²) in [6.45, 7) is 2.56. The van der Waals surface area contributed by atoms with Crippen LogP contribution in [-0.4, -0.2) is 57.3 Å². The highest BCUT2D eigenvalue weighted by molar-refractivity contribution is 5.84. The van der Waals surface area contributed by atoms with Gasteiger partial charge in [-0.25, -0.2) is 4.98 Å². The second kappa shape index (κ2) is 10.8. The van der Waals surface area contributed by atoms with E-state index in [2.05, 4.69) is 14.9 Å². The van der Waals surface area contributed by atoms with Crippen LogP contribution in [0.25, 0.3) is 0 Å². The molecule has 0 fully saturated rings. The van der Waals surface area contributed by atoms with Crippen molar-refractivity contribution >= 4 is 17.8 Å². The number of nitrogens with zero attached hydrogens (tertiary/aromatic N) is 3. The zero-order valence-corrected chi connectivity index (χ0v) is 20.2. The molecule has 0 aliphatic carbocycles. The fourth-order valence-corrected chi connectivity index (χ4v) is 5.03. The highest BCUT2D eigenvalue weighted by Gasteiger charge is 2.42. The Labute approximate surface area is 207 Å². The lowest BCUT2D eigenvalue weighted by Crippen LogP contribution is -2.43. The molecule has 2 atom stereocenters. The fourth-order valence-electron chi connectivity index (χ4n) is 5.03. The number of aromatic nitrogens is 2. The topological polar surface area (TPSA) is 96.7 Å². The Bertz CT molecular complexity index is 1080. The number of carbonyl (C=O) groups excluding carboxylic acids is 1. The van der Waals surface area contributed by atoms with Gasteiger partial charge >= 0.3 is 12.1 Å². The molecule has 2 aromatic rings. The monoisotopic (exact) mass is 508 g/mol. The van der Waals surface area contributed by atoms with Gasteiger partial charge in [0, 0.05) is 25.7 Å². The number of halogens is 3. The minimum absolute atomic E-state index is 0.0720. The van der Waals surface area contributed by atoms with Crippen molar-refractivity contribution in [1.29, 1.82) is 0 Å². The lowest BCUT2D eigenvalue weighted by atomic mass is 9.92. The van der Waals surface area contributed by atoms with Crippen molar-refractivity contribution in [2.75, 3.05) is 25.0 Å². The number of carboxylic acids is 1. The standard InChI is InChI=1S/C25H31F3N4O4/c1-2-4-21-20-13-19(36-10-7-18-14-31-9-3-8-29-24(31)30-18)6-5-16(20)11-17(12-22(33)34)23(35)32(21)15-25(26,27)28/h5-6,13-14,17,21H,2-4,7-12,15H2,1H3,(H,29,30)(H,33,34). The molecule has 2 aliphatic rings. The number of carboxylic acid groups (broad SMARTS) is 1. The maximum Gasteiger partial charge on any atom is 0.406 e. The quantitative estimate of drug-likeness (QED) is 0.527. The summed E-state index contributed by atoms with van der Waals surface area (Å²) in [5.41, 5.74) is 2.15. The number of anilines is 1. The number of ether oxygens (including phenoxy) is 1. The maximum absolute atomic E-state index is 13.5. The van der Waals surface area contributed by atoms with E-state index in [9.17, 15) is 27.9 Å². The van der Waals surface area contributed by atoms with Gasteiger partial charge in [0.05, 0.1) is 30.7 Å².